The van der Waals surface area contributed by atoms with E-state index < -0.39 is 11.9 Å². The van der Waals surface area contributed by atoms with E-state index in [0.717, 1.165) is 5.69 Å². The van der Waals surface area contributed by atoms with Gasteiger partial charge in [0.15, 0.2) is 0 Å². The molecule has 0 bridgehead atoms. The molecule has 0 spiro atoms. The Hall–Kier alpha value is -1.91. The van der Waals surface area contributed by atoms with Crippen molar-refractivity contribution in [1.82, 2.24) is 0 Å². The van der Waals surface area contributed by atoms with Gasteiger partial charge in [0.1, 0.15) is 0 Å². The fourth-order valence-electron chi connectivity index (χ4n) is 3.36. The third-order valence-corrected chi connectivity index (χ3v) is 4.51. The average Bonchev–Trinajstić information content (AvgIpc) is 2.50. The summed E-state index contributed by atoms with van der Waals surface area (Å²) in [5.74, 6) is -3.54. The summed E-state index contributed by atoms with van der Waals surface area (Å²) in [6.07, 6.45) is 2.75. The summed E-state index contributed by atoms with van der Waals surface area (Å²) in [5.41, 5.74) is 1.78. The van der Waals surface area contributed by atoms with Crippen LogP contribution >= 0.6 is 0 Å². The molecule has 1 aromatic rings. The van der Waals surface area contributed by atoms with Crippen LogP contribution in [0.5, 0.6) is 0 Å². The van der Waals surface area contributed by atoms with E-state index in [1.54, 1.807) is 18.2 Å². The second-order valence-electron chi connectivity index (χ2n) is 5.97. The molecule has 1 saturated carbocycles. The van der Waals surface area contributed by atoms with Crippen molar-refractivity contribution in [2.24, 2.45) is 0 Å². The number of carboxylic acids is 1. The second-order valence-corrected chi connectivity index (χ2v) is 5.97. The smallest absolute Gasteiger partial charge is 0.336 e. The summed E-state index contributed by atoms with van der Waals surface area (Å²) >= 11 is 0. The molecule has 0 radical (unpaired) electrons. The standard InChI is InChI=1S/C18H23F2NO2/c1-3-6-14-15(17(22)23)7-5-8-16(14)21(4-2)13-9-11-18(19,20)12-10-13/h3,5,7-8,13H,1,4,6,9-12H2,2H3,(H,22,23). The molecule has 2 rings (SSSR count). The summed E-state index contributed by atoms with van der Waals surface area (Å²) in [6.45, 7) is 6.33. The van der Waals surface area contributed by atoms with Gasteiger partial charge in [-0.15, -0.1) is 6.58 Å². The molecule has 0 unspecified atom stereocenters. The fraction of sp³-hybridized carbons (Fsp3) is 0.500. The molecule has 0 aliphatic heterocycles. The summed E-state index contributed by atoms with van der Waals surface area (Å²) in [6, 6.07) is 5.19. The molecule has 0 atom stereocenters. The topological polar surface area (TPSA) is 40.5 Å². The minimum atomic E-state index is -2.57. The Kier molecular flexibility index (Phi) is 5.39. The Bertz CT molecular complexity index is 576. The van der Waals surface area contributed by atoms with Gasteiger partial charge in [-0.2, -0.15) is 0 Å². The molecule has 0 aromatic heterocycles. The van der Waals surface area contributed by atoms with Crippen LogP contribution in [0.4, 0.5) is 14.5 Å². The maximum absolute atomic E-state index is 13.4. The Morgan fingerprint density at radius 3 is 2.61 bits per heavy atom. The number of anilines is 1. The van der Waals surface area contributed by atoms with Gasteiger partial charge in [0.25, 0.3) is 0 Å². The van der Waals surface area contributed by atoms with Crippen molar-refractivity contribution in [3.63, 3.8) is 0 Å². The molecule has 0 saturated heterocycles. The number of aromatic carboxylic acids is 1. The van der Waals surface area contributed by atoms with Gasteiger partial charge in [-0.25, -0.2) is 13.6 Å². The van der Waals surface area contributed by atoms with Crippen molar-refractivity contribution >= 4 is 11.7 Å². The minimum absolute atomic E-state index is 0.0206. The van der Waals surface area contributed by atoms with Crippen LogP contribution in [0.25, 0.3) is 0 Å². The van der Waals surface area contributed by atoms with Gasteiger partial charge in [-0.05, 0) is 43.9 Å². The van der Waals surface area contributed by atoms with E-state index >= 15 is 0 Å². The second kappa shape index (κ2) is 7.11. The van der Waals surface area contributed by atoms with Crippen molar-refractivity contribution in [1.29, 1.82) is 0 Å². The Morgan fingerprint density at radius 1 is 1.43 bits per heavy atom. The Morgan fingerprint density at radius 2 is 2.09 bits per heavy atom. The van der Waals surface area contributed by atoms with Gasteiger partial charge in [-0.3, -0.25) is 0 Å². The van der Waals surface area contributed by atoms with E-state index in [4.69, 9.17) is 0 Å². The highest BCUT2D eigenvalue weighted by atomic mass is 19.3. The van der Waals surface area contributed by atoms with E-state index in [9.17, 15) is 18.7 Å². The number of alkyl halides is 2. The highest BCUT2D eigenvalue weighted by Gasteiger charge is 2.37. The van der Waals surface area contributed by atoms with Crippen LogP contribution < -0.4 is 4.90 Å². The lowest BCUT2D eigenvalue weighted by molar-refractivity contribution is -0.0380. The first-order valence-corrected chi connectivity index (χ1v) is 8.00. The first-order valence-electron chi connectivity index (χ1n) is 8.00. The number of hydrogen-bond acceptors (Lipinski definition) is 2. The van der Waals surface area contributed by atoms with E-state index in [1.165, 1.54) is 0 Å². The van der Waals surface area contributed by atoms with E-state index in [2.05, 4.69) is 11.5 Å². The van der Waals surface area contributed by atoms with Crippen LogP contribution in [-0.4, -0.2) is 29.6 Å². The number of carbonyl (C=O) groups is 1. The van der Waals surface area contributed by atoms with Crippen LogP contribution in [0.1, 0.15) is 48.5 Å². The first kappa shape index (κ1) is 17.4. The highest BCUT2D eigenvalue weighted by molar-refractivity contribution is 5.91. The molecule has 23 heavy (non-hydrogen) atoms. The van der Waals surface area contributed by atoms with Crippen molar-refractivity contribution in [2.75, 3.05) is 11.4 Å². The van der Waals surface area contributed by atoms with Gasteiger partial charge in [-0.1, -0.05) is 12.1 Å². The SMILES string of the molecule is C=CCc1c(C(=O)O)cccc1N(CC)C1CCC(F)(F)CC1. The van der Waals surface area contributed by atoms with Crippen molar-refractivity contribution in [2.45, 2.75) is 51.0 Å². The van der Waals surface area contributed by atoms with Crippen molar-refractivity contribution < 1.29 is 18.7 Å². The van der Waals surface area contributed by atoms with Crippen LogP contribution in [0, 0.1) is 0 Å². The van der Waals surface area contributed by atoms with Crippen LogP contribution in [0.15, 0.2) is 30.9 Å². The molecule has 0 heterocycles. The van der Waals surface area contributed by atoms with Gasteiger partial charge < -0.3 is 10.0 Å². The highest BCUT2D eigenvalue weighted by Crippen LogP contribution is 2.37. The summed E-state index contributed by atoms with van der Waals surface area (Å²) in [4.78, 5) is 13.5. The monoisotopic (exact) mass is 323 g/mol. The molecule has 3 nitrogen and oxygen atoms in total. The number of benzene rings is 1. The number of allylic oxidation sites excluding steroid dienone is 1. The molecule has 0 amide bonds. The number of halogens is 2. The van der Waals surface area contributed by atoms with E-state index in [-0.39, 0.29) is 24.4 Å². The minimum Gasteiger partial charge on any atom is -0.478 e. The van der Waals surface area contributed by atoms with Gasteiger partial charge in [0.05, 0.1) is 5.56 Å². The lowest BCUT2D eigenvalue weighted by atomic mass is 9.90. The van der Waals surface area contributed by atoms with Gasteiger partial charge in [0.2, 0.25) is 5.92 Å². The summed E-state index contributed by atoms with van der Waals surface area (Å²) < 4.78 is 26.8. The van der Waals surface area contributed by atoms with Gasteiger partial charge in [0, 0.05) is 31.1 Å². The molecule has 1 aliphatic carbocycles. The summed E-state index contributed by atoms with van der Waals surface area (Å²) in [7, 11) is 0. The van der Waals surface area contributed by atoms with Crippen molar-refractivity contribution in [3.8, 4) is 0 Å². The van der Waals surface area contributed by atoms with Crippen LogP contribution in [0.2, 0.25) is 0 Å². The Balaban J connectivity index is 2.36. The number of nitrogens with zero attached hydrogens (tertiary/aromatic N) is 1. The molecule has 1 aromatic carbocycles. The fourth-order valence-corrected chi connectivity index (χ4v) is 3.36. The lowest BCUT2D eigenvalue weighted by Gasteiger charge is -2.39. The maximum atomic E-state index is 13.4. The number of hydrogen-bond donors (Lipinski definition) is 1. The predicted octanol–water partition coefficient (Wildman–Crippen LogP) is 4.52. The zero-order valence-corrected chi connectivity index (χ0v) is 13.4. The van der Waals surface area contributed by atoms with Crippen LogP contribution in [0.3, 0.4) is 0 Å². The van der Waals surface area contributed by atoms with Crippen molar-refractivity contribution in [3.05, 3.63) is 42.0 Å². The van der Waals surface area contributed by atoms with Gasteiger partial charge >= 0.3 is 5.97 Å². The third-order valence-electron chi connectivity index (χ3n) is 4.51. The Labute approximate surface area is 135 Å². The molecule has 1 fully saturated rings. The predicted molar refractivity (Wildman–Crippen MR) is 87.5 cm³/mol. The lowest BCUT2D eigenvalue weighted by Crippen LogP contribution is -2.41. The maximum Gasteiger partial charge on any atom is 0.336 e. The third kappa shape index (κ3) is 3.89. The molecule has 126 valence electrons. The van der Waals surface area contributed by atoms with E-state index in [1.807, 2.05) is 13.0 Å². The summed E-state index contributed by atoms with van der Waals surface area (Å²) in [5, 5.41) is 9.40. The average molecular weight is 323 g/mol. The molecule has 1 N–H and O–H groups in total. The van der Waals surface area contributed by atoms with E-state index in [0.29, 0.717) is 31.4 Å². The van der Waals surface area contributed by atoms with Crippen LogP contribution in [-0.2, 0) is 6.42 Å². The number of carboxylic acid groups (broad SMARTS) is 1. The molecule has 5 heteroatoms. The quantitative estimate of drug-likeness (QED) is 0.783. The zero-order chi connectivity index (χ0) is 17.0. The normalized spacial score (nSPS) is 17.7. The molecular weight excluding hydrogens is 300 g/mol. The largest absolute Gasteiger partial charge is 0.478 e. The molecule has 1 aliphatic rings. The number of rotatable bonds is 6. The first-order chi connectivity index (χ1) is 10.9. The molecular formula is C18H23F2NO2. The zero-order valence-electron chi connectivity index (χ0n) is 13.4.